The largest absolute Gasteiger partial charge is 0.496 e. The SMILES string of the molecule is COc1ccccc1C(=O)NC(CCl)CC(C)C. The lowest BCUT2D eigenvalue weighted by atomic mass is 10.0. The third kappa shape index (κ3) is 4.22. The van der Waals surface area contributed by atoms with E-state index in [1.165, 1.54) is 0 Å². The van der Waals surface area contributed by atoms with Gasteiger partial charge in [0, 0.05) is 11.9 Å². The maximum absolute atomic E-state index is 12.1. The summed E-state index contributed by atoms with van der Waals surface area (Å²) in [6.07, 6.45) is 0.865. The smallest absolute Gasteiger partial charge is 0.255 e. The van der Waals surface area contributed by atoms with Gasteiger partial charge >= 0.3 is 0 Å². The number of halogens is 1. The van der Waals surface area contributed by atoms with E-state index in [4.69, 9.17) is 16.3 Å². The molecule has 0 saturated heterocycles. The zero-order valence-corrected chi connectivity index (χ0v) is 11.8. The summed E-state index contributed by atoms with van der Waals surface area (Å²) >= 11 is 5.87. The minimum atomic E-state index is -0.140. The van der Waals surface area contributed by atoms with E-state index in [9.17, 15) is 4.79 Å². The average Bonchev–Trinajstić information content (AvgIpc) is 2.37. The normalized spacial score (nSPS) is 12.3. The predicted octanol–water partition coefficient (Wildman–Crippen LogP) is 3.08. The number of carbonyl (C=O) groups is 1. The fraction of sp³-hybridized carbons (Fsp3) is 0.500. The fourth-order valence-electron chi connectivity index (χ4n) is 1.82. The molecule has 18 heavy (non-hydrogen) atoms. The molecule has 0 spiro atoms. The van der Waals surface area contributed by atoms with Gasteiger partial charge in [0.05, 0.1) is 12.7 Å². The van der Waals surface area contributed by atoms with Crippen LogP contribution in [0.4, 0.5) is 0 Å². The number of amides is 1. The van der Waals surface area contributed by atoms with Crippen molar-refractivity contribution in [3.8, 4) is 5.75 Å². The highest BCUT2D eigenvalue weighted by molar-refractivity contribution is 6.18. The molecule has 4 heteroatoms. The molecule has 100 valence electrons. The Kier molecular flexibility index (Phi) is 5.99. The van der Waals surface area contributed by atoms with Gasteiger partial charge in [0.1, 0.15) is 5.75 Å². The summed E-state index contributed by atoms with van der Waals surface area (Å²) in [4.78, 5) is 12.1. The maximum atomic E-state index is 12.1. The van der Waals surface area contributed by atoms with Crippen LogP contribution < -0.4 is 10.1 Å². The van der Waals surface area contributed by atoms with Gasteiger partial charge in [0.15, 0.2) is 0 Å². The van der Waals surface area contributed by atoms with Crippen LogP contribution in [0.1, 0.15) is 30.6 Å². The second-order valence-electron chi connectivity index (χ2n) is 4.65. The van der Waals surface area contributed by atoms with Crippen LogP contribution in [-0.4, -0.2) is 24.9 Å². The first kappa shape index (κ1) is 14.8. The molecule has 0 bridgehead atoms. The molecule has 1 amide bonds. The van der Waals surface area contributed by atoms with Crippen molar-refractivity contribution in [2.24, 2.45) is 5.92 Å². The van der Waals surface area contributed by atoms with Crippen LogP contribution in [0, 0.1) is 5.92 Å². The predicted molar refractivity (Wildman–Crippen MR) is 74.4 cm³/mol. The van der Waals surface area contributed by atoms with Gasteiger partial charge in [0.25, 0.3) is 5.91 Å². The molecule has 1 aromatic carbocycles. The summed E-state index contributed by atoms with van der Waals surface area (Å²) in [6.45, 7) is 4.21. The molecule has 1 aromatic rings. The average molecular weight is 270 g/mol. The molecule has 0 fully saturated rings. The number of ether oxygens (including phenoxy) is 1. The van der Waals surface area contributed by atoms with Crippen LogP contribution >= 0.6 is 11.6 Å². The minimum Gasteiger partial charge on any atom is -0.496 e. The van der Waals surface area contributed by atoms with E-state index in [2.05, 4.69) is 19.2 Å². The van der Waals surface area contributed by atoms with Crippen LogP contribution in [0.5, 0.6) is 5.75 Å². The lowest BCUT2D eigenvalue weighted by Gasteiger charge is -2.18. The van der Waals surface area contributed by atoms with E-state index in [1.54, 1.807) is 19.2 Å². The van der Waals surface area contributed by atoms with E-state index < -0.39 is 0 Å². The molecule has 0 aliphatic heterocycles. The molecule has 3 nitrogen and oxygen atoms in total. The van der Waals surface area contributed by atoms with Crippen molar-refractivity contribution in [2.45, 2.75) is 26.3 Å². The van der Waals surface area contributed by atoms with E-state index in [0.29, 0.717) is 23.1 Å². The number of hydrogen-bond acceptors (Lipinski definition) is 2. The van der Waals surface area contributed by atoms with Crippen molar-refractivity contribution in [2.75, 3.05) is 13.0 Å². The molecule has 0 aliphatic rings. The molecule has 0 radical (unpaired) electrons. The minimum absolute atomic E-state index is 0.0101. The third-order valence-electron chi connectivity index (χ3n) is 2.63. The molecule has 0 saturated carbocycles. The molecular formula is C14H20ClNO2. The van der Waals surface area contributed by atoms with Gasteiger partial charge in [-0.2, -0.15) is 0 Å². The number of alkyl halides is 1. The van der Waals surface area contributed by atoms with Crippen molar-refractivity contribution in [1.29, 1.82) is 0 Å². The number of benzene rings is 1. The van der Waals surface area contributed by atoms with Gasteiger partial charge in [-0.1, -0.05) is 26.0 Å². The van der Waals surface area contributed by atoms with Crippen LogP contribution in [0.3, 0.4) is 0 Å². The highest BCUT2D eigenvalue weighted by atomic mass is 35.5. The summed E-state index contributed by atoms with van der Waals surface area (Å²) in [5.41, 5.74) is 0.541. The second-order valence-corrected chi connectivity index (χ2v) is 4.96. The number of carbonyl (C=O) groups excluding carboxylic acids is 1. The molecule has 1 rings (SSSR count). The van der Waals surface area contributed by atoms with Crippen LogP contribution in [0.2, 0.25) is 0 Å². The Labute approximate surface area is 113 Å². The third-order valence-corrected chi connectivity index (χ3v) is 3.00. The molecule has 0 heterocycles. The Morgan fingerprint density at radius 1 is 1.39 bits per heavy atom. The Hall–Kier alpha value is -1.22. The lowest BCUT2D eigenvalue weighted by Crippen LogP contribution is -2.37. The van der Waals surface area contributed by atoms with Crippen molar-refractivity contribution in [3.63, 3.8) is 0 Å². The molecule has 0 aromatic heterocycles. The number of nitrogens with one attached hydrogen (secondary N) is 1. The van der Waals surface area contributed by atoms with Gasteiger partial charge < -0.3 is 10.1 Å². The van der Waals surface area contributed by atoms with Gasteiger partial charge in [-0.25, -0.2) is 0 Å². The van der Waals surface area contributed by atoms with Crippen LogP contribution in [0.15, 0.2) is 24.3 Å². The van der Waals surface area contributed by atoms with Crippen LogP contribution in [-0.2, 0) is 0 Å². The fourth-order valence-corrected chi connectivity index (χ4v) is 2.03. The molecular weight excluding hydrogens is 250 g/mol. The molecule has 0 aliphatic carbocycles. The van der Waals surface area contributed by atoms with Crippen molar-refractivity contribution in [1.82, 2.24) is 5.32 Å². The topological polar surface area (TPSA) is 38.3 Å². The molecule has 1 unspecified atom stereocenters. The van der Waals surface area contributed by atoms with Gasteiger partial charge in [-0.15, -0.1) is 11.6 Å². The van der Waals surface area contributed by atoms with Crippen LogP contribution in [0.25, 0.3) is 0 Å². The first-order valence-electron chi connectivity index (χ1n) is 6.08. The first-order valence-corrected chi connectivity index (χ1v) is 6.61. The van der Waals surface area contributed by atoms with Crippen molar-refractivity contribution < 1.29 is 9.53 Å². The molecule has 1 atom stereocenters. The first-order chi connectivity index (χ1) is 8.58. The lowest BCUT2D eigenvalue weighted by molar-refractivity contribution is 0.0933. The number of rotatable bonds is 6. The second kappa shape index (κ2) is 7.27. The number of methoxy groups -OCH3 is 1. The summed E-state index contributed by atoms with van der Waals surface area (Å²) < 4.78 is 5.17. The van der Waals surface area contributed by atoms with Gasteiger partial charge in [0.2, 0.25) is 0 Å². The summed E-state index contributed by atoms with van der Waals surface area (Å²) in [6, 6.07) is 7.16. The zero-order chi connectivity index (χ0) is 13.5. The van der Waals surface area contributed by atoms with Crippen molar-refractivity contribution in [3.05, 3.63) is 29.8 Å². The summed E-state index contributed by atoms with van der Waals surface area (Å²) in [7, 11) is 1.55. The highest BCUT2D eigenvalue weighted by Crippen LogP contribution is 2.17. The Morgan fingerprint density at radius 3 is 2.61 bits per heavy atom. The number of hydrogen-bond donors (Lipinski definition) is 1. The van der Waals surface area contributed by atoms with E-state index in [-0.39, 0.29) is 11.9 Å². The van der Waals surface area contributed by atoms with E-state index in [1.807, 2.05) is 12.1 Å². The quantitative estimate of drug-likeness (QED) is 0.806. The van der Waals surface area contributed by atoms with Crippen molar-refractivity contribution >= 4 is 17.5 Å². The van der Waals surface area contributed by atoms with Gasteiger partial charge in [-0.3, -0.25) is 4.79 Å². The zero-order valence-electron chi connectivity index (χ0n) is 11.1. The summed E-state index contributed by atoms with van der Waals surface area (Å²) in [5.74, 6) is 1.34. The Bertz CT molecular complexity index is 393. The highest BCUT2D eigenvalue weighted by Gasteiger charge is 2.16. The maximum Gasteiger partial charge on any atom is 0.255 e. The van der Waals surface area contributed by atoms with E-state index >= 15 is 0 Å². The standard InChI is InChI=1S/C14H20ClNO2/c1-10(2)8-11(9-15)16-14(17)12-6-4-5-7-13(12)18-3/h4-7,10-11H,8-9H2,1-3H3,(H,16,17). The monoisotopic (exact) mass is 269 g/mol. The van der Waals surface area contributed by atoms with Gasteiger partial charge in [-0.05, 0) is 24.5 Å². The summed E-state index contributed by atoms with van der Waals surface area (Å²) in [5, 5.41) is 2.94. The number of para-hydroxylation sites is 1. The molecule has 1 N–H and O–H groups in total. The Balaban J connectivity index is 2.74. The van der Waals surface area contributed by atoms with E-state index in [0.717, 1.165) is 6.42 Å². The Morgan fingerprint density at radius 2 is 2.06 bits per heavy atom.